The maximum Gasteiger partial charge on any atom is 0.232 e. The van der Waals surface area contributed by atoms with Crippen molar-refractivity contribution < 1.29 is 8.42 Å². The number of thiazole rings is 1. The zero-order chi connectivity index (χ0) is 21.5. The number of nitrogens with two attached hydrogens (primary N) is 1. The number of hydrogen-bond donors (Lipinski definition) is 2. The standard InChI is InChI=1S/C19H19Cl2N5O2S2/c1-2-7-30(27,28)26-14-9-11(20)8-12(15(14)21)16-17(13-5-6-23-19(22)24-13)29-18(25-16)10-3-4-10/h5-6,8-10,26H,2-4,7H2,1H3,(H2,22,23,24). The fourth-order valence-corrected chi connectivity index (χ4v) is 5.90. The molecule has 4 rings (SSSR count). The lowest BCUT2D eigenvalue weighted by Crippen LogP contribution is -2.16. The summed E-state index contributed by atoms with van der Waals surface area (Å²) in [5, 5.41) is 1.56. The van der Waals surface area contributed by atoms with Crippen LogP contribution in [0.15, 0.2) is 24.4 Å². The van der Waals surface area contributed by atoms with E-state index in [1.165, 1.54) is 17.4 Å². The molecular weight excluding hydrogens is 465 g/mol. The third kappa shape index (κ3) is 4.54. The topological polar surface area (TPSA) is 111 Å². The van der Waals surface area contributed by atoms with Crippen LogP contribution in [0, 0.1) is 0 Å². The predicted molar refractivity (Wildman–Crippen MR) is 123 cm³/mol. The summed E-state index contributed by atoms with van der Waals surface area (Å²) in [4.78, 5) is 13.9. The van der Waals surface area contributed by atoms with Gasteiger partial charge in [0.2, 0.25) is 16.0 Å². The summed E-state index contributed by atoms with van der Waals surface area (Å²) in [6.07, 6.45) is 4.24. The van der Waals surface area contributed by atoms with Crippen molar-refractivity contribution in [3.63, 3.8) is 0 Å². The zero-order valence-corrected chi connectivity index (χ0v) is 19.2. The number of aromatic nitrogens is 3. The second kappa shape index (κ2) is 8.30. The molecule has 2 heterocycles. The smallest absolute Gasteiger partial charge is 0.232 e. The Hall–Kier alpha value is -1.94. The number of rotatable bonds is 7. The number of halogens is 2. The quantitative estimate of drug-likeness (QED) is 0.478. The first-order valence-electron chi connectivity index (χ1n) is 9.37. The molecule has 0 spiro atoms. The average Bonchev–Trinajstić information content (AvgIpc) is 3.43. The van der Waals surface area contributed by atoms with Crippen LogP contribution >= 0.6 is 34.5 Å². The van der Waals surface area contributed by atoms with Crippen LogP contribution in [0.4, 0.5) is 11.6 Å². The van der Waals surface area contributed by atoms with E-state index in [-0.39, 0.29) is 22.4 Å². The van der Waals surface area contributed by atoms with Gasteiger partial charge >= 0.3 is 0 Å². The van der Waals surface area contributed by atoms with Gasteiger partial charge in [-0.15, -0.1) is 11.3 Å². The highest BCUT2D eigenvalue weighted by molar-refractivity contribution is 7.92. The van der Waals surface area contributed by atoms with Crippen LogP contribution in [0.1, 0.15) is 37.1 Å². The Labute approximate surface area is 188 Å². The third-order valence-electron chi connectivity index (χ3n) is 4.51. The number of anilines is 2. The highest BCUT2D eigenvalue weighted by atomic mass is 35.5. The van der Waals surface area contributed by atoms with E-state index >= 15 is 0 Å². The summed E-state index contributed by atoms with van der Waals surface area (Å²) in [6.45, 7) is 1.79. The summed E-state index contributed by atoms with van der Waals surface area (Å²) in [6, 6.07) is 4.94. The van der Waals surface area contributed by atoms with Crippen molar-refractivity contribution in [3.05, 3.63) is 39.4 Å². The van der Waals surface area contributed by atoms with Gasteiger partial charge in [-0.3, -0.25) is 4.72 Å². The minimum atomic E-state index is -3.54. The summed E-state index contributed by atoms with van der Waals surface area (Å²) < 4.78 is 27.1. The Morgan fingerprint density at radius 3 is 2.70 bits per heavy atom. The number of nitrogens with one attached hydrogen (secondary N) is 1. The van der Waals surface area contributed by atoms with Gasteiger partial charge in [0.25, 0.3) is 0 Å². The van der Waals surface area contributed by atoms with Crippen molar-refractivity contribution in [1.82, 2.24) is 15.0 Å². The molecule has 3 aromatic rings. The Kier molecular flexibility index (Phi) is 5.89. The fourth-order valence-electron chi connectivity index (χ4n) is 3.02. The lowest BCUT2D eigenvalue weighted by Gasteiger charge is -2.13. The van der Waals surface area contributed by atoms with E-state index in [9.17, 15) is 8.42 Å². The molecule has 158 valence electrons. The Balaban J connectivity index is 1.86. The number of sulfonamides is 1. The van der Waals surface area contributed by atoms with Gasteiger partial charge in [0, 0.05) is 22.7 Å². The van der Waals surface area contributed by atoms with Gasteiger partial charge in [-0.25, -0.2) is 23.4 Å². The molecule has 1 aliphatic carbocycles. The van der Waals surface area contributed by atoms with Crippen LogP contribution in [-0.2, 0) is 10.0 Å². The average molecular weight is 484 g/mol. The van der Waals surface area contributed by atoms with Crippen molar-refractivity contribution in [3.8, 4) is 21.8 Å². The van der Waals surface area contributed by atoms with Crippen molar-refractivity contribution in [1.29, 1.82) is 0 Å². The van der Waals surface area contributed by atoms with Crippen LogP contribution in [0.2, 0.25) is 10.0 Å². The Bertz CT molecular complexity index is 1210. The molecule has 1 aromatic carbocycles. The lowest BCUT2D eigenvalue weighted by molar-refractivity contribution is 0.600. The molecule has 30 heavy (non-hydrogen) atoms. The van der Waals surface area contributed by atoms with Gasteiger partial charge in [-0.1, -0.05) is 30.1 Å². The van der Waals surface area contributed by atoms with E-state index in [1.807, 2.05) is 0 Å². The SMILES string of the molecule is CCCS(=O)(=O)Nc1cc(Cl)cc(-c2nc(C3CC3)sc2-c2ccnc(N)n2)c1Cl. The highest BCUT2D eigenvalue weighted by Gasteiger charge is 2.30. The van der Waals surface area contributed by atoms with Gasteiger partial charge in [0.1, 0.15) is 0 Å². The summed E-state index contributed by atoms with van der Waals surface area (Å²) in [5.41, 5.74) is 7.77. The first kappa shape index (κ1) is 21.3. The molecule has 3 N–H and O–H groups in total. The molecule has 0 saturated heterocycles. The van der Waals surface area contributed by atoms with Gasteiger partial charge in [0.05, 0.1) is 37.7 Å². The molecule has 0 atom stereocenters. The maximum atomic E-state index is 12.3. The molecule has 11 heteroatoms. The monoisotopic (exact) mass is 483 g/mol. The summed E-state index contributed by atoms with van der Waals surface area (Å²) in [7, 11) is -3.54. The van der Waals surface area contributed by atoms with Crippen molar-refractivity contribution >= 4 is 56.2 Å². The van der Waals surface area contributed by atoms with Gasteiger partial charge < -0.3 is 5.73 Å². The van der Waals surface area contributed by atoms with E-state index in [1.54, 1.807) is 25.3 Å². The van der Waals surface area contributed by atoms with Crippen LogP contribution in [0.5, 0.6) is 0 Å². The molecule has 2 aromatic heterocycles. The predicted octanol–water partition coefficient (Wildman–Crippen LogP) is 5.19. The third-order valence-corrected chi connectivity index (χ3v) is 7.85. The fraction of sp³-hybridized carbons (Fsp3) is 0.316. The van der Waals surface area contributed by atoms with Crippen LogP contribution in [0.3, 0.4) is 0 Å². The summed E-state index contributed by atoms with van der Waals surface area (Å²) in [5.74, 6) is 0.561. The van der Waals surface area contributed by atoms with Gasteiger partial charge in [0.15, 0.2) is 0 Å². The molecule has 0 bridgehead atoms. The van der Waals surface area contributed by atoms with Crippen molar-refractivity contribution in [2.75, 3.05) is 16.2 Å². The normalized spacial score (nSPS) is 14.1. The Morgan fingerprint density at radius 2 is 2.03 bits per heavy atom. The molecule has 7 nitrogen and oxygen atoms in total. The summed E-state index contributed by atoms with van der Waals surface area (Å²) >= 11 is 14.5. The van der Waals surface area contributed by atoms with E-state index in [0.29, 0.717) is 34.3 Å². The van der Waals surface area contributed by atoms with E-state index in [4.69, 9.17) is 33.9 Å². The maximum absolute atomic E-state index is 12.3. The first-order valence-corrected chi connectivity index (χ1v) is 12.6. The van der Waals surface area contributed by atoms with Crippen molar-refractivity contribution in [2.45, 2.75) is 32.1 Å². The van der Waals surface area contributed by atoms with E-state index in [0.717, 1.165) is 22.7 Å². The molecule has 1 fully saturated rings. The zero-order valence-electron chi connectivity index (χ0n) is 16.0. The van der Waals surface area contributed by atoms with Gasteiger partial charge in [-0.05, 0) is 37.5 Å². The number of hydrogen-bond acceptors (Lipinski definition) is 7. The molecule has 0 amide bonds. The largest absolute Gasteiger partial charge is 0.368 e. The van der Waals surface area contributed by atoms with Crippen LogP contribution < -0.4 is 10.5 Å². The van der Waals surface area contributed by atoms with Crippen molar-refractivity contribution in [2.24, 2.45) is 0 Å². The molecular formula is C19H19Cl2N5O2S2. The van der Waals surface area contributed by atoms with E-state index < -0.39 is 10.0 Å². The molecule has 0 aliphatic heterocycles. The van der Waals surface area contributed by atoms with Crippen LogP contribution in [0.25, 0.3) is 21.8 Å². The lowest BCUT2D eigenvalue weighted by atomic mass is 10.1. The first-order chi connectivity index (χ1) is 14.3. The number of nitrogens with zero attached hydrogens (tertiary/aromatic N) is 3. The number of nitrogen functional groups attached to an aromatic ring is 1. The van der Waals surface area contributed by atoms with E-state index in [2.05, 4.69) is 14.7 Å². The number of benzene rings is 1. The highest BCUT2D eigenvalue weighted by Crippen LogP contribution is 2.48. The molecule has 1 saturated carbocycles. The second-order valence-electron chi connectivity index (χ2n) is 7.04. The minimum Gasteiger partial charge on any atom is -0.368 e. The molecule has 1 aliphatic rings. The van der Waals surface area contributed by atoms with Gasteiger partial charge in [-0.2, -0.15) is 0 Å². The van der Waals surface area contributed by atoms with Crippen LogP contribution in [-0.4, -0.2) is 29.1 Å². The Morgan fingerprint density at radius 1 is 1.27 bits per heavy atom. The second-order valence-corrected chi connectivity index (χ2v) is 10.7. The molecule has 0 radical (unpaired) electrons. The molecule has 0 unspecified atom stereocenters. The minimum absolute atomic E-state index is 0.0147.